The van der Waals surface area contributed by atoms with Gasteiger partial charge in [-0.05, 0) is 31.5 Å². The Morgan fingerprint density at radius 2 is 2.11 bits per heavy atom. The van der Waals surface area contributed by atoms with Gasteiger partial charge in [0, 0.05) is 28.9 Å². The molecular formula is C11H17FN2O3S2. The van der Waals surface area contributed by atoms with E-state index in [1.54, 1.807) is 13.2 Å². The van der Waals surface area contributed by atoms with Crippen molar-refractivity contribution in [1.29, 1.82) is 0 Å². The summed E-state index contributed by atoms with van der Waals surface area (Å²) in [5, 5.41) is 0. The zero-order valence-electron chi connectivity index (χ0n) is 10.7. The summed E-state index contributed by atoms with van der Waals surface area (Å²) in [5.74, 6) is -0.278. The summed E-state index contributed by atoms with van der Waals surface area (Å²) < 4.78 is 50.5. The van der Waals surface area contributed by atoms with Crippen LogP contribution in [0.3, 0.4) is 0 Å². The van der Waals surface area contributed by atoms with Crippen LogP contribution in [0, 0.1) is 5.82 Å². The largest absolute Gasteiger partial charge is 0.398 e. The number of nitrogen functional groups attached to an aromatic ring is 1. The number of hydrogen-bond acceptors (Lipinski definition) is 4. The molecule has 19 heavy (non-hydrogen) atoms. The fraction of sp³-hybridized carbons (Fsp3) is 0.455. The Morgan fingerprint density at radius 3 is 2.68 bits per heavy atom. The number of hydrogen-bond donors (Lipinski definition) is 2. The van der Waals surface area contributed by atoms with Crippen molar-refractivity contribution in [1.82, 2.24) is 4.72 Å². The number of sulfonamides is 1. The van der Waals surface area contributed by atoms with Gasteiger partial charge in [-0.1, -0.05) is 0 Å². The molecule has 2 atom stereocenters. The maximum absolute atomic E-state index is 13.1. The van der Waals surface area contributed by atoms with Crippen LogP contribution in [-0.2, 0) is 20.8 Å². The number of halogens is 1. The van der Waals surface area contributed by atoms with Gasteiger partial charge in [0.05, 0.1) is 5.69 Å². The van der Waals surface area contributed by atoms with E-state index in [2.05, 4.69) is 4.72 Å². The van der Waals surface area contributed by atoms with Crippen molar-refractivity contribution >= 4 is 26.5 Å². The highest BCUT2D eigenvalue weighted by Crippen LogP contribution is 2.19. The average Bonchev–Trinajstić information content (AvgIpc) is 2.29. The summed E-state index contributed by atoms with van der Waals surface area (Å²) in [5.41, 5.74) is 5.53. The highest BCUT2D eigenvalue weighted by atomic mass is 32.2. The van der Waals surface area contributed by atoms with Crippen molar-refractivity contribution < 1.29 is 17.0 Å². The normalized spacial score (nSPS) is 15.1. The molecule has 1 rings (SSSR count). The molecule has 0 saturated carbocycles. The van der Waals surface area contributed by atoms with Crippen molar-refractivity contribution in [2.24, 2.45) is 0 Å². The third kappa shape index (κ3) is 4.88. The monoisotopic (exact) mass is 308 g/mol. The lowest BCUT2D eigenvalue weighted by atomic mass is 10.3. The minimum Gasteiger partial charge on any atom is -0.398 e. The van der Waals surface area contributed by atoms with Crippen LogP contribution >= 0.6 is 0 Å². The molecule has 3 N–H and O–H groups in total. The lowest BCUT2D eigenvalue weighted by Crippen LogP contribution is -2.34. The fourth-order valence-corrected chi connectivity index (χ4v) is 3.58. The number of nitrogens with one attached hydrogen (secondary N) is 1. The van der Waals surface area contributed by atoms with Crippen LogP contribution in [0.15, 0.2) is 23.1 Å². The first kappa shape index (κ1) is 16.1. The zero-order chi connectivity index (χ0) is 14.6. The van der Waals surface area contributed by atoms with E-state index in [4.69, 9.17) is 5.73 Å². The summed E-state index contributed by atoms with van der Waals surface area (Å²) in [4.78, 5) is -0.281. The standard InChI is InChI=1S/C11H17FN2O3S2/c1-8(5-6-18(2)15)14-19(16,17)11-7-9(12)3-4-10(11)13/h3-4,7-8,14H,5-6,13H2,1-2H3. The molecular weight excluding hydrogens is 291 g/mol. The molecule has 0 aliphatic heterocycles. The van der Waals surface area contributed by atoms with E-state index in [9.17, 15) is 17.0 Å². The van der Waals surface area contributed by atoms with Crippen LogP contribution in [0.25, 0.3) is 0 Å². The summed E-state index contributed by atoms with van der Waals surface area (Å²) >= 11 is 0. The zero-order valence-corrected chi connectivity index (χ0v) is 12.4. The van der Waals surface area contributed by atoms with Crippen LogP contribution in [0.4, 0.5) is 10.1 Å². The highest BCUT2D eigenvalue weighted by Gasteiger charge is 2.20. The Bertz CT molecular complexity index is 575. The van der Waals surface area contributed by atoms with E-state index in [0.717, 1.165) is 12.1 Å². The van der Waals surface area contributed by atoms with Crippen LogP contribution in [0.1, 0.15) is 13.3 Å². The average molecular weight is 308 g/mol. The third-order valence-corrected chi connectivity index (χ3v) is 4.92. The molecule has 0 radical (unpaired) electrons. The number of benzene rings is 1. The van der Waals surface area contributed by atoms with Crippen LogP contribution in [0.5, 0.6) is 0 Å². The molecule has 0 aliphatic carbocycles. The maximum atomic E-state index is 13.1. The van der Waals surface area contributed by atoms with Crippen molar-refractivity contribution in [3.63, 3.8) is 0 Å². The SMILES string of the molecule is CC(CCS(C)=O)NS(=O)(=O)c1cc(F)ccc1N. The quantitative estimate of drug-likeness (QED) is 0.762. The van der Waals surface area contributed by atoms with Crippen molar-refractivity contribution in [3.8, 4) is 0 Å². The molecule has 0 aliphatic rings. The second-order valence-corrected chi connectivity index (χ2v) is 7.51. The van der Waals surface area contributed by atoms with E-state index in [1.165, 1.54) is 6.07 Å². The summed E-state index contributed by atoms with van der Waals surface area (Å²) in [6, 6.07) is 2.77. The van der Waals surface area contributed by atoms with Crippen molar-refractivity contribution in [2.45, 2.75) is 24.3 Å². The smallest absolute Gasteiger partial charge is 0.242 e. The van der Waals surface area contributed by atoms with Gasteiger partial charge in [-0.3, -0.25) is 4.21 Å². The molecule has 1 aromatic rings. The number of rotatable bonds is 6. The Morgan fingerprint density at radius 1 is 1.47 bits per heavy atom. The van der Waals surface area contributed by atoms with Gasteiger partial charge < -0.3 is 5.73 Å². The van der Waals surface area contributed by atoms with Gasteiger partial charge in [0.15, 0.2) is 0 Å². The first-order valence-corrected chi connectivity index (χ1v) is 8.81. The first-order chi connectivity index (χ1) is 8.72. The highest BCUT2D eigenvalue weighted by molar-refractivity contribution is 7.89. The van der Waals surface area contributed by atoms with Crippen molar-refractivity contribution in [2.75, 3.05) is 17.7 Å². The maximum Gasteiger partial charge on any atom is 0.242 e. The molecule has 0 bridgehead atoms. The molecule has 0 amide bonds. The van der Waals surface area contributed by atoms with E-state index in [0.29, 0.717) is 12.2 Å². The van der Waals surface area contributed by atoms with Crippen LogP contribution in [-0.4, -0.2) is 30.7 Å². The van der Waals surface area contributed by atoms with Gasteiger partial charge in [0.1, 0.15) is 10.7 Å². The molecule has 0 heterocycles. The Labute approximate surface area is 114 Å². The number of anilines is 1. The Kier molecular flexibility index (Phi) is 5.45. The van der Waals surface area contributed by atoms with Gasteiger partial charge >= 0.3 is 0 Å². The minimum absolute atomic E-state index is 0.0137. The Hall–Kier alpha value is -0.990. The van der Waals surface area contributed by atoms with Gasteiger partial charge in [-0.25, -0.2) is 17.5 Å². The molecule has 0 fully saturated rings. The van der Waals surface area contributed by atoms with E-state index in [1.807, 2.05) is 0 Å². The predicted molar refractivity (Wildman–Crippen MR) is 74.1 cm³/mol. The fourth-order valence-electron chi connectivity index (χ4n) is 1.47. The number of nitrogens with two attached hydrogens (primary N) is 1. The van der Waals surface area contributed by atoms with Gasteiger partial charge in [0.25, 0.3) is 0 Å². The molecule has 0 saturated heterocycles. The molecule has 0 spiro atoms. The Balaban J connectivity index is 2.86. The molecule has 8 heteroatoms. The lowest BCUT2D eigenvalue weighted by molar-refractivity contribution is 0.554. The molecule has 2 unspecified atom stereocenters. The summed E-state index contributed by atoms with van der Waals surface area (Å²) in [6.45, 7) is 1.65. The first-order valence-electron chi connectivity index (χ1n) is 5.60. The minimum atomic E-state index is -3.87. The lowest BCUT2D eigenvalue weighted by Gasteiger charge is -2.14. The van der Waals surface area contributed by atoms with Crippen LogP contribution in [0.2, 0.25) is 0 Å². The van der Waals surface area contributed by atoms with E-state index >= 15 is 0 Å². The van der Waals surface area contributed by atoms with Crippen LogP contribution < -0.4 is 10.5 Å². The summed E-state index contributed by atoms with van der Waals surface area (Å²) in [7, 11) is -4.86. The second kappa shape index (κ2) is 6.44. The van der Waals surface area contributed by atoms with Gasteiger partial charge in [0.2, 0.25) is 10.0 Å². The molecule has 1 aromatic carbocycles. The molecule has 108 valence electrons. The van der Waals surface area contributed by atoms with E-state index < -0.39 is 32.7 Å². The van der Waals surface area contributed by atoms with Gasteiger partial charge in [-0.2, -0.15) is 0 Å². The van der Waals surface area contributed by atoms with Crippen molar-refractivity contribution in [3.05, 3.63) is 24.0 Å². The molecule has 5 nitrogen and oxygen atoms in total. The topological polar surface area (TPSA) is 89.3 Å². The third-order valence-electron chi connectivity index (χ3n) is 2.46. The predicted octanol–water partition coefficient (Wildman–Crippen LogP) is 0.843. The van der Waals surface area contributed by atoms with E-state index in [-0.39, 0.29) is 10.6 Å². The molecule has 0 aromatic heterocycles. The summed E-state index contributed by atoms with van der Waals surface area (Å²) in [6.07, 6.45) is 1.98. The second-order valence-electron chi connectivity index (χ2n) is 4.27. The van der Waals surface area contributed by atoms with Gasteiger partial charge in [-0.15, -0.1) is 0 Å².